The highest BCUT2D eigenvalue weighted by Gasteiger charge is 2.31. The number of carbonyl (C=O) groups is 1. The molecule has 2 N–H and O–H groups in total. The van der Waals surface area contributed by atoms with E-state index in [9.17, 15) is 4.79 Å². The number of ether oxygens (including phenoxy) is 1. The maximum atomic E-state index is 11.5. The van der Waals surface area contributed by atoms with Gasteiger partial charge in [0.15, 0.2) is 0 Å². The fourth-order valence-corrected chi connectivity index (χ4v) is 1.60. The van der Waals surface area contributed by atoms with E-state index in [1.165, 1.54) is 12.8 Å². The third-order valence-corrected chi connectivity index (χ3v) is 2.52. The molecule has 1 amide bonds. The molecule has 0 aliphatic heterocycles. The molecule has 0 aromatic heterocycles. The molecular formula is C13H22N2O2. The van der Waals surface area contributed by atoms with Crippen molar-refractivity contribution < 1.29 is 9.53 Å². The van der Waals surface area contributed by atoms with Gasteiger partial charge < -0.3 is 15.4 Å². The highest BCUT2D eigenvalue weighted by atomic mass is 16.6. The molecule has 1 saturated carbocycles. The van der Waals surface area contributed by atoms with E-state index in [0.717, 1.165) is 0 Å². The number of rotatable bonds is 5. The topological polar surface area (TPSA) is 50.4 Å². The first kappa shape index (κ1) is 13.9. The Morgan fingerprint density at radius 3 is 2.65 bits per heavy atom. The number of nitrogens with one attached hydrogen (secondary N) is 2. The van der Waals surface area contributed by atoms with Crippen LogP contribution in [0.1, 0.15) is 33.6 Å². The van der Waals surface area contributed by atoms with Gasteiger partial charge in [-0.1, -0.05) is 5.92 Å². The lowest BCUT2D eigenvalue weighted by molar-refractivity contribution is 0.0521. The molecule has 1 unspecified atom stereocenters. The fourth-order valence-electron chi connectivity index (χ4n) is 1.60. The molecule has 1 aliphatic carbocycles. The van der Waals surface area contributed by atoms with Gasteiger partial charge in [-0.15, -0.1) is 6.42 Å². The molecule has 1 fully saturated rings. The Labute approximate surface area is 103 Å². The Hall–Kier alpha value is -1.21. The van der Waals surface area contributed by atoms with Gasteiger partial charge in [-0.25, -0.2) is 4.79 Å². The first-order valence-corrected chi connectivity index (χ1v) is 6.06. The molecule has 0 aromatic carbocycles. The maximum Gasteiger partial charge on any atom is 0.407 e. The van der Waals surface area contributed by atoms with Crippen LogP contribution in [-0.4, -0.2) is 30.8 Å². The Bertz CT molecular complexity index is 298. The molecule has 4 nitrogen and oxygen atoms in total. The fraction of sp³-hybridized carbons (Fsp3) is 0.769. The van der Waals surface area contributed by atoms with Gasteiger partial charge in [-0.3, -0.25) is 0 Å². The summed E-state index contributed by atoms with van der Waals surface area (Å²) >= 11 is 0. The van der Waals surface area contributed by atoms with Gasteiger partial charge in [0, 0.05) is 12.6 Å². The van der Waals surface area contributed by atoms with Gasteiger partial charge in [0.2, 0.25) is 0 Å². The van der Waals surface area contributed by atoms with Crippen LogP contribution < -0.4 is 10.6 Å². The van der Waals surface area contributed by atoms with Crippen molar-refractivity contribution in [1.82, 2.24) is 10.6 Å². The van der Waals surface area contributed by atoms with Crippen molar-refractivity contribution in [3.05, 3.63) is 0 Å². The van der Waals surface area contributed by atoms with Crippen LogP contribution in [0.25, 0.3) is 0 Å². The van der Waals surface area contributed by atoms with E-state index in [-0.39, 0.29) is 12.1 Å². The summed E-state index contributed by atoms with van der Waals surface area (Å²) in [5, 5.41) is 6.02. The minimum Gasteiger partial charge on any atom is -0.444 e. The molecule has 0 bridgehead atoms. The van der Waals surface area contributed by atoms with E-state index in [4.69, 9.17) is 11.2 Å². The normalized spacial score (nSPS) is 17.1. The minimum atomic E-state index is -0.453. The SMILES string of the molecule is C#CCNC(CNC(=O)OC(C)(C)C)C1CC1. The lowest BCUT2D eigenvalue weighted by Crippen LogP contribution is -2.44. The van der Waals surface area contributed by atoms with Gasteiger partial charge in [0.25, 0.3) is 0 Å². The van der Waals surface area contributed by atoms with Crippen LogP contribution in [0.4, 0.5) is 4.79 Å². The summed E-state index contributed by atoms with van der Waals surface area (Å²) < 4.78 is 5.17. The third-order valence-electron chi connectivity index (χ3n) is 2.52. The van der Waals surface area contributed by atoms with Gasteiger partial charge in [0.1, 0.15) is 5.60 Å². The molecule has 0 aromatic rings. The zero-order chi connectivity index (χ0) is 12.9. The molecule has 1 atom stereocenters. The average molecular weight is 238 g/mol. The monoisotopic (exact) mass is 238 g/mol. The smallest absolute Gasteiger partial charge is 0.407 e. The summed E-state index contributed by atoms with van der Waals surface area (Å²) in [6.07, 6.45) is 7.26. The Kier molecular flexibility index (Phi) is 4.83. The van der Waals surface area contributed by atoms with Crippen LogP contribution in [0.3, 0.4) is 0 Å². The molecule has 0 heterocycles. The first-order valence-electron chi connectivity index (χ1n) is 6.06. The van der Waals surface area contributed by atoms with Crippen LogP contribution in [0.5, 0.6) is 0 Å². The Morgan fingerprint density at radius 1 is 1.53 bits per heavy atom. The van der Waals surface area contributed by atoms with Gasteiger partial charge in [-0.2, -0.15) is 0 Å². The Morgan fingerprint density at radius 2 is 2.18 bits per heavy atom. The summed E-state index contributed by atoms with van der Waals surface area (Å²) in [5.41, 5.74) is -0.453. The lowest BCUT2D eigenvalue weighted by atomic mass is 10.2. The van der Waals surface area contributed by atoms with Crippen LogP contribution in [0, 0.1) is 18.3 Å². The van der Waals surface area contributed by atoms with Crippen molar-refractivity contribution in [3.8, 4) is 12.3 Å². The van der Waals surface area contributed by atoms with Crippen molar-refractivity contribution in [3.63, 3.8) is 0 Å². The van der Waals surface area contributed by atoms with E-state index in [1.807, 2.05) is 20.8 Å². The van der Waals surface area contributed by atoms with E-state index in [1.54, 1.807) is 0 Å². The number of alkyl carbamates (subject to hydrolysis) is 1. The molecule has 0 saturated heterocycles. The molecule has 0 radical (unpaired) electrons. The van der Waals surface area contributed by atoms with Crippen LogP contribution in [0.15, 0.2) is 0 Å². The molecule has 1 rings (SSSR count). The minimum absolute atomic E-state index is 0.263. The predicted molar refractivity (Wildman–Crippen MR) is 67.6 cm³/mol. The standard InChI is InChI=1S/C13H22N2O2/c1-5-8-14-11(10-6-7-10)9-15-12(16)17-13(2,3)4/h1,10-11,14H,6-9H2,2-4H3,(H,15,16). The number of hydrogen-bond donors (Lipinski definition) is 2. The van der Waals surface area contributed by atoms with Crippen molar-refractivity contribution in [1.29, 1.82) is 0 Å². The second kappa shape index (κ2) is 5.92. The molecule has 1 aliphatic rings. The second-order valence-electron chi connectivity index (χ2n) is 5.41. The number of hydrogen-bond acceptors (Lipinski definition) is 3. The van der Waals surface area contributed by atoms with Crippen LogP contribution >= 0.6 is 0 Å². The highest BCUT2D eigenvalue weighted by molar-refractivity contribution is 5.67. The zero-order valence-corrected chi connectivity index (χ0v) is 10.9. The lowest BCUT2D eigenvalue weighted by Gasteiger charge is -2.22. The molecule has 96 valence electrons. The van der Waals surface area contributed by atoms with Crippen molar-refractivity contribution in [2.45, 2.75) is 45.3 Å². The van der Waals surface area contributed by atoms with Crippen molar-refractivity contribution >= 4 is 6.09 Å². The van der Waals surface area contributed by atoms with Crippen molar-refractivity contribution in [2.75, 3.05) is 13.1 Å². The number of amides is 1. The zero-order valence-electron chi connectivity index (χ0n) is 10.9. The van der Waals surface area contributed by atoms with E-state index in [2.05, 4.69) is 16.6 Å². The van der Waals surface area contributed by atoms with Gasteiger partial charge >= 0.3 is 6.09 Å². The number of carbonyl (C=O) groups excluding carboxylic acids is 1. The summed E-state index contributed by atoms with van der Waals surface area (Å²) in [7, 11) is 0. The van der Waals surface area contributed by atoms with Crippen molar-refractivity contribution in [2.24, 2.45) is 5.92 Å². The molecule has 4 heteroatoms. The Balaban J connectivity index is 2.26. The summed E-state index contributed by atoms with van der Waals surface area (Å²) in [6.45, 7) is 6.66. The summed E-state index contributed by atoms with van der Waals surface area (Å²) in [5.74, 6) is 3.19. The molecule has 17 heavy (non-hydrogen) atoms. The first-order chi connectivity index (χ1) is 7.92. The molecule has 0 spiro atoms. The molecular weight excluding hydrogens is 216 g/mol. The predicted octanol–water partition coefficient (Wildman–Crippen LogP) is 1.51. The third kappa shape index (κ3) is 6.18. The van der Waals surface area contributed by atoms with Gasteiger partial charge in [-0.05, 0) is 39.5 Å². The maximum absolute atomic E-state index is 11.5. The number of terminal acetylenes is 1. The van der Waals surface area contributed by atoms with Crippen LogP contribution in [-0.2, 0) is 4.74 Å². The largest absolute Gasteiger partial charge is 0.444 e. The summed E-state index contributed by atoms with van der Waals surface area (Å²) in [4.78, 5) is 11.5. The van der Waals surface area contributed by atoms with E-state index >= 15 is 0 Å². The average Bonchev–Trinajstić information content (AvgIpc) is 2.99. The van der Waals surface area contributed by atoms with Gasteiger partial charge in [0.05, 0.1) is 6.54 Å². The van der Waals surface area contributed by atoms with E-state index in [0.29, 0.717) is 19.0 Å². The van der Waals surface area contributed by atoms with Crippen LogP contribution in [0.2, 0.25) is 0 Å². The highest BCUT2D eigenvalue weighted by Crippen LogP contribution is 2.32. The summed E-state index contributed by atoms with van der Waals surface area (Å²) in [6, 6.07) is 0.263. The quantitative estimate of drug-likeness (QED) is 0.714. The second-order valence-corrected chi connectivity index (χ2v) is 5.41. The van der Waals surface area contributed by atoms with E-state index < -0.39 is 5.60 Å².